The van der Waals surface area contributed by atoms with E-state index >= 15 is 0 Å². The largest absolute Gasteiger partial charge is 0.378 e. The van der Waals surface area contributed by atoms with Gasteiger partial charge in [0.1, 0.15) is 11.9 Å². The van der Waals surface area contributed by atoms with Crippen LogP contribution in [-0.2, 0) is 4.79 Å². The quantitative estimate of drug-likeness (QED) is 0.888. The summed E-state index contributed by atoms with van der Waals surface area (Å²) in [4.78, 5) is 13.6. The lowest BCUT2D eigenvalue weighted by Gasteiger charge is -2.19. The molecule has 2 rings (SSSR count). The van der Waals surface area contributed by atoms with Gasteiger partial charge in [0, 0.05) is 19.8 Å². The molecule has 1 atom stereocenters. The van der Waals surface area contributed by atoms with Crippen LogP contribution >= 0.6 is 0 Å². The topological polar surface area (TPSA) is 58.4 Å². The Morgan fingerprint density at radius 3 is 2.29 bits per heavy atom. The lowest BCUT2D eigenvalue weighted by Crippen LogP contribution is -2.28. The summed E-state index contributed by atoms with van der Waals surface area (Å²) in [5.74, 6) is -0.982. The average molecular weight is 287 g/mol. The van der Waals surface area contributed by atoms with Crippen LogP contribution in [0.25, 0.3) is 0 Å². The molecule has 0 radical (unpaired) electrons. The number of anilines is 2. The molecule has 2 aromatic rings. The minimum absolute atomic E-state index is 0.248. The van der Waals surface area contributed by atoms with E-state index in [9.17, 15) is 9.18 Å². The number of hydrogen-bond acceptors (Lipinski definition) is 3. The van der Waals surface area contributed by atoms with E-state index < -0.39 is 17.8 Å². The Morgan fingerprint density at radius 1 is 1.14 bits per heavy atom. The first-order valence-corrected chi connectivity index (χ1v) is 6.56. The van der Waals surface area contributed by atoms with Crippen molar-refractivity contribution in [2.75, 3.05) is 24.3 Å². The van der Waals surface area contributed by atoms with Gasteiger partial charge in [0.05, 0.1) is 5.69 Å². The van der Waals surface area contributed by atoms with Crippen LogP contribution in [0.3, 0.4) is 0 Å². The summed E-state index contributed by atoms with van der Waals surface area (Å²) in [5.41, 5.74) is 7.38. The highest BCUT2D eigenvalue weighted by Gasteiger charge is 2.19. The standard InChI is InChI=1S/C16H18FN3O/c1-20(2)12-9-7-11(8-10-12)15(16(18)21)19-14-6-4-3-5-13(14)17/h3-10,15,19H,1-2H3,(H2,18,21). The Hall–Kier alpha value is -2.56. The SMILES string of the molecule is CN(C)c1ccc(C(Nc2ccccc2F)C(N)=O)cc1. The zero-order valence-electron chi connectivity index (χ0n) is 12.0. The molecule has 0 aliphatic rings. The number of carbonyl (C=O) groups excluding carboxylic acids is 1. The molecule has 0 spiro atoms. The third kappa shape index (κ3) is 3.51. The number of nitrogens with one attached hydrogen (secondary N) is 1. The third-order valence-electron chi connectivity index (χ3n) is 3.20. The highest BCUT2D eigenvalue weighted by Crippen LogP contribution is 2.23. The van der Waals surface area contributed by atoms with Crippen LogP contribution in [0.2, 0.25) is 0 Å². The third-order valence-corrected chi connectivity index (χ3v) is 3.20. The maximum absolute atomic E-state index is 13.7. The predicted molar refractivity (Wildman–Crippen MR) is 82.7 cm³/mol. The smallest absolute Gasteiger partial charge is 0.244 e. The lowest BCUT2D eigenvalue weighted by molar-refractivity contribution is -0.118. The van der Waals surface area contributed by atoms with Crippen molar-refractivity contribution in [3.05, 3.63) is 59.9 Å². The highest BCUT2D eigenvalue weighted by atomic mass is 19.1. The second kappa shape index (κ2) is 6.26. The van der Waals surface area contributed by atoms with E-state index in [1.807, 2.05) is 31.1 Å². The van der Waals surface area contributed by atoms with Crippen LogP contribution in [-0.4, -0.2) is 20.0 Å². The van der Waals surface area contributed by atoms with Crippen molar-refractivity contribution in [2.24, 2.45) is 5.73 Å². The van der Waals surface area contributed by atoms with E-state index in [4.69, 9.17) is 5.73 Å². The molecular formula is C16H18FN3O. The number of carbonyl (C=O) groups is 1. The summed E-state index contributed by atoms with van der Waals surface area (Å²) in [7, 11) is 3.86. The van der Waals surface area contributed by atoms with E-state index in [2.05, 4.69) is 5.32 Å². The van der Waals surface area contributed by atoms with Gasteiger partial charge in [-0.15, -0.1) is 0 Å². The number of rotatable bonds is 5. The molecule has 5 heteroatoms. The number of nitrogens with two attached hydrogens (primary N) is 1. The van der Waals surface area contributed by atoms with Gasteiger partial charge in [-0.1, -0.05) is 24.3 Å². The molecule has 1 unspecified atom stereocenters. The summed E-state index contributed by atoms with van der Waals surface area (Å²) < 4.78 is 13.7. The Labute approximate surface area is 123 Å². The molecule has 3 N–H and O–H groups in total. The van der Waals surface area contributed by atoms with Gasteiger partial charge in [-0.05, 0) is 29.8 Å². The van der Waals surface area contributed by atoms with Gasteiger partial charge < -0.3 is 16.0 Å². The number of primary amides is 1. The van der Waals surface area contributed by atoms with E-state index in [1.165, 1.54) is 6.07 Å². The number of nitrogens with zero attached hydrogens (tertiary/aromatic N) is 1. The summed E-state index contributed by atoms with van der Waals surface area (Å²) in [5, 5.41) is 2.85. The van der Waals surface area contributed by atoms with Gasteiger partial charge in [0.25, 0.3) is 0 Å². The van der Waals surface area contributed by atoms with Crippen molar-refractivity contribution >= 4 is 17.3 Å². The maximum Gasteiger partial charge on any atom is 0.244 e. The second-order valence-corrected chi connectivity index (χ2v) is 4.95. The monoisotopic (exact) mass is 287 g/mol. The predicted octanol–water partition coefficient (Wildman–Crippen LogP) is 2.53. The molecule has 0 heterocycles. The van der Waals surface area contributed by atoms with Crippen LogP contribution < -0.4 is 16.0 Å². The minimum Gasteiger partial charge on any atom is -0.378 e. The van der Waals surface area contributed by atoms with E-state index in [0.717, 1.165) is 5.69 Å². The molecule has 0 aliphatic heterocycles. The number of amides is 1. The van der Waals surface area contributed by atoms with Crippen molar-refractivity contribution in [2.45, 2.75) is 6.04 Å². The molecule has 0 saturated carbocycles. The molecule has 0 fully saturated rings. The van der Waals surface area contributed by atoms with Crippen molar-refractivity contribution in [3.8, 4) is 0 Å². The molecule has 21 heavy (non-hydrogen) atoms. The van der Waals surface area contributed by atoms with Gasteiger partial charge in [0.2, 0.25) is 5.91 Å². The number of halogens is 1. The van der Waals surface area contributed by atoms with Gasteiger partial charge in [0.15, 0.2) is 0 Å². The van der Waals surface area contributed by atoms with Gasteiger partial charge >= 0.3 is 0 Å². The molecule has 2 aromatic carbocycles. The van der Waals surface area contributed by atoms with Crippen molar-refractivity contribution in [1.82, 2.24) is 0 Å². The van der Waals surface area contributed by atoms with E-state index in [0.29, 0.717) is 5.56 Å². The first-order valence-electron chi connectivity index (χ1n) is 6.56. The maximum atomic E-state index is 13.7. The summed E-state index contributed by atoms with van der Waals surface area (Å²) >= 11 is 0. The van der Waals surface area contributed by atoms with Crippen molar-refractivity contribution in [1.29, 1.82) is 0 Å². The van der Waals surface area contributed by atoms with Gasteiger partial charge in [-0.2, -0.15) is 0 Å². The van der Waals surface area contributed by atoms with Crippen molar-refractivity contribution < 1.29 is 9.18 Å². The van der Waals surface area contributed by atoms with Crippen LogP contribution in [0.15, 0.2) is 48.5 Å². The molecule has 1 amide bonds. The first-order chi connectivity index (χ1) is 9.99. The molecule has 4 nitrogen and oxygen atoms in total. The second-order valence-electron chi connectivity index (χ2n) is 4.95. The summed E-state index contributed by atoms with van der Waals surface area (Å²) in [6.45, 7) is 0. The first kappa shape index (κ1) is 14.8. The Bertz CT molecular complexity index is 626. The average Bonchev–Trinajstić information content (AvgIpc) is 2.46. The number of benzene rings is 2. The van der Waals surface area contributed by atoms with Crippen LogP contribution in [0.5, 0.6) is 0 Å². The fourth-order valence-electron chi connectivity index (χ4n) is 2.02. The Balaban J connectivity index is 2.27. The number of hydrogen-bond donors (Lipinski definition) is 2. The zero-order chi connectivity index (χ0) is 15.4. The van der Waals surface area contributed by atoms with Crippen LogP contribution in [0, 0.1) is 5.82 Å². The van der Waals surface area contributed by atoms with E-state index in [1.54, 1.807) is 30.3 Å². The molecule has 0 aliphatic carbocycles. The van der Waals surface area contributed by atoms with Crippen LogP contribution in [0.4, 0.5) is 15.8 Å². The van der Waals surface area contributed by atoms with Gasteiger partial charge in [-0.3, -0.25) is 4.79 Å². The molecule has 0 aromatic heterocycles. The minimum atomic E-state index is -0.780. The fourth-order valence-corrected chi connectivity index (χ4v) is 2.02. The number of para-hydroxylation sites is 1. The molecule has 0 bridgehead atoms. The Morgan fingerprint density at radius 2 is 1.76 bits per heavy atom. The summed E-state index contributed by atoms with van der Waals surface area (Å²) in [6.07, 6.45) is 0. The van der Waals surface area contributed by atoms with Crippen LogP contribution in [0.1, 0.15) is 11.6 Å². The molecular weight excluding hydrogens is 269 g/mol. The Kier molecular flexibility index (Phi) is 4.42. The molecule has 110 valence electrons. The lowest BCUT2D eigenvalue weighted by atomic mass is 10.1. The fraction of sp³-hybridized carbons (Fsp3) is 0.188. The van der Waals surface area contributed by atoms with Gasteiger partial charge in [-0.25, -0.2) is 4.39 Å². The summed E-state index contributed by atoms with van der Waals surface area (Å²) in [6, 6.07) is 12.8. The zero-order valence-corrected chi connectivity index (χ0v) is 12.0. The highest BCUT2D eigenvalue weighted by molar-refractivity contribution is 5.84. The normalized spacial score (nSPS) is 11.8. The van der Waals surface area contributed by atoms with Crippen molar-refractivity contribution in [3.63, 3.8) is 0 Å². The molecule has 0 saturated heterocycles. The van der Waals surface area contributed by atoms with E-state index in [-0.39, 0.29) is 5.69 Å².